The molecule has 0 aromatic carbocycles. The molecule has 1 aliphatic rings. The van der Waals surface area contributed by atoms with Crippen molar-refractivity contribution in [3.8, 4) is 11.5 Å². The molecule has 1 heterocycles. The molecule has 0 N–H and O–H groups in total. The number of rotatable bonds is 6. The average Bonchev–Trinajstić information content (AvgIpc) is 2.81. The number of esters is 1. The molecule has 5 nitrogen and oxygen atoms in total. The van der Waals surface area contributed by atoms with E-state index < -0.39 is 36.8 Å². The van der Waals surface area contributed by atoms with Gasteiger partial charge in [-0.1, -0.05) is 47.5 Å². The highest BCUT2D eigenvalue weighted by atomic mass is 28.3. The summed E-state index contributed by atoms with van der Waals surface area (Å²) in [6, 6.07) is 0. The van der Waals surface area contributed by atoms with Crippen LogP contribution in [0.25, 0.3) is 0 Å². The van der Waals surface area contributed by atoms with Gasteiger partial charge in [0.2, 0.25) is 5.60 Å². The van der Waals surface area contributed by atoms with Crippen LogP contribution in [0.2, 0.25) is 16.6 Å². The molecule has 0 radical (unpaired) electrons. The van der Waals surface area contributed by atoms with Crippen molar-refractivity contribution in [2.45, 2.75) is 116 Å². The van der Waals surface area contributed by atoms with Crippen molar-refractivity contribution in [1.29, 1.82) is 0 Å². The normalized spacial score (nSPS) is 22.0. The zero-order valence-electron chi connectivity index (χ0n) is 20.2. The van der Waals surface area contributed by atoms with Gasteiger partial charge in [-0.2, -0.15) is 0 Å². The predicted molar refractivity (Wildman–Crippen MR) is 118 cm³/mol. The molecule has 0 spiro atoms. The number of ether oxygens (including phenoxy) is 3. The molecule has 0 aromatic heterocycles. The summed E-state index contributed by atoms with van der Waals surface area (Å²) >= 11 is 0. The Labute approximate surface area is 178 Å². The first-order chi connectivity index (χ1) is 13.0. The van der Waals surface area contributed by atoms with E-state index in [4.69, 9.17) is 14.2 Å². The Morgan fingerprint density at radius 3 is 1.86 bits per heavy atom. The van der Waals surface area contributed by atoms with Crippen LogP contribution in [0.4, 0.5) is 0 Å². The van der Waals surface area contributed by atoms with Crippen LogP contribution in [-0.2, 0) is 23.8 Å². The maximum absolute atomic E-state index is 13.2. The SMILES string of the molecule is CC(C)[Si](C#CC1(C(=O)CC(=O)OC(C)(C)C)COC(C)(C)O1)(C(C)C)C(C)C. The summed E-state index contributed by atoms with van der Waals surface area (Å²) in [7, 11) is -2.08. The second kappa shape index (κ2) is 8.91. The van der Waals surface area contributed by atoms with E-state index in [2.05, 4.69) is 53.0 Å². The lowest BCUT2D eigenvalue weighted by atomic mass is 9.98. The fourth-order valence-electron chi connectivity index (χ4n) is 4.32. The predicted octanol–water partition coefficient (Wildman–Crippen LogP) is 5.03. The molecule has 1 unspecified atom stereocenters. The second-order valence-corrected chi connectivity index (χ2v) is 16.0. The van der Waals surface area contributed by atoms with E-state index in [1.165, 1.54) is 0 Å². The van der Waals surface area contributed by atoms with E-state index in [1.807, 2.05) is 0 Å². The molecule has 0 bridgehead atoms. The van der Waals surface area contributed by atoms with Gasteiger partial charge < -0.3 is 14.2 Å². The van der Waals surface area contributed by atoms with Gasteiger partial charge in [-0.05, 0) is 51.2 Å². The number of carbonyl (C=O) groups is 2. The summed E-state index contributed by atoms with van der Waals surface area (Å²) in [5.74, 6) is 1.31. The van der Waals surface area contributed by atoms with Gasteiger partial charge in [0.1, 0.15) is 20.1 Å². The smallest absolute Gasteiger partial charge is 0.313 e. The summed E-state index contributed by atoms with van der Waals surface area (Å²) in [6.07, 6.45) is -0.384. The lowest BCUT2D eigenvalue weighted by molar-refractivity contribution is -0.168. The standard InChI is InChI=1S/C23H40O5Si/c1-16(2)29(17(3)4,18(5)6)13-12-23(15-26-22(10,11)28-23)19(24)14-20(25)27-21(7,8)9/h16-18H,14-15H2,1-11H3. The molecular weight excluding hydrogens is 384 g/mol. The third-order valence-electron chi connectivity index (χ3n) is 5.57. The molecule has 1 aliphatic heterocycles. The summed E-state index contributed by atoms with van der Waals surface area (Å²) in [4.78, 5) is 25.5. The minimum absolute atomic E-state index is 0.0212. The minimum atomic E-state index is -2.08. The number of hydrogen-bond acceptors (Lipinski definition) is 5. The molecule has 1 fully saturated rings. The van der Waals surface area contributed by atoms with E-state index >= 15 is 0 Å². The fraction of sp³-hybridized carbons (Fsp3) is 0.826. The summed E-state index contributed by atoms with van der Waals surface area (Å²) in [5, 5.41) is 0. The van der Waals surface area contributed by atoms with Crippen molar-refractivity contribution >= 4 is 19.8 Å². The van der Waals surface area contributed by atoms with Crippen LogP contribution in [-0.4, -0.2) is 43.4 Å². The van der Waals surface area contributed by atoms with Gasteiger partial charge in [0.05, 0.1) is 6.61 Å². The van der Waals surface area contributed by atoms with Crippen LogP contribution in [0, 0.1) is 11.5 Å². The van der Waals surface area contributed by atoms with Gasteiger partial charge in [0.15, 0.2) is 11.6 Å². The molecule has 29 heavy (non-hydrogen) atoms. The Balaban J connectivity index is 3.36. The van der Waals surface area contributed by atoms with E-state index in [0.717, 1.165) is 0 Å². The molecule has 0 saturated carbocycles. The van der Waals surface area contributed by atoms with Crippen molar-refractivity contribution in [3.63, 3.8) is 0 Å². The Bertz CT molecular complexity index is 654. The maximum atomic E-state index is 13.2. The molecular formula is C23H40O5Si. The second-order valence-electron chi connectivity index (χ2n) is 10.5. The Morgan fingerprint density at radius 1 is 1.03 bits per heavy atom. The van der Waals surface area contributed by atoms with Gasteiger partial charge in [0, 0.05) is 0 Å². The first kappa shape index (κ1) is 25.9. The number of Topliss-reactive ketones (excluding diaryl/α,β-unsaturated/α-hetero) is 1. The van der Waals surface area contributed by atoms with Gasteiger partial charge in [-0.3, -0.25) is 9.59 Å². The van der Waals surface area contributed by atoms with Gasteiger partial charge in [-0.25, -0.2) is 0 Å². The highest BCUT2D eigenvalue weighted by Gasteiger charge is 2.51. The molecule has 0 aromatic rings. The van der Waals surface area contributed by atoms with Crippen molar-refractivity contribution in [2.75, 3.05) is 6.61 Å². The molecule has 1 saturated heterocycles. The third-order valence-corrected chi connectivity index (χ3v) is 11.9. The zero-order chi connectivity index (χ0) is 22.8. The van der Waals surface area contributed by atoms with E-state index in [1.54, 1.807) is 34.6 Å². The first-order valence-electron chi connectivity index (χ1n) is 10.6. The molecule has 166 valence electrons. The van der Waals surface area contributed by atoms with Gasteiger partial charge >= 0.3 is 5.97 Å². The molecule has 6 heteroatoms. The van der Waals surface area contributed by atoms with Gasteiger partial charge in [0.25, 0.3) is 0 Å². The van der Waals surface area contributed by atoms with Crippen LogP contribution in [0.5, 0.6) is 0 Å². The number of hydrogen-bond donors (Lipinski definition) is 0. The van der Waals surface area contributed by atoms with Crippen LogP contribution >= 0.6 is 0 Å². The van der Waals surface area contributed by atoms with Crippen molar-refractivity contribution in [2.24, 2.45) is 0 Å². The molecule has 0 amide bonds. The lowest BCUT2D eigenvalue weighted by Crippen LogP contribution is -2.47. The highest BCUT2D eigenvalue weighted by Crippen LogP contribution is 2.41. The molecule has 1 atom stereocenters. The minimum Gasteiger partial charge on any atom is -0.460 e. The van der Waals surface area contributed by atoms with Crippen LogP contribution in [0.1, 0.15) is 82.6 Å². The van der Waals surface area contributed by atoms with E-state index in [-0.39, 0.29) is 13.0 Å². The average molecular weight is 425 g/mol. The van der Waals surface area contributed by atoms with Gasteiger partial charge in [-0.15, -0.1) is 5.54 Å². The van der Waals surface area contributed by atoms with E-state index in [0.29, 0.717) is 16.6 Å². The number of carbonyl (C=O) groups excluding carboxylic acids is 2. The topological polar surface area (TPSA) is 61.8 Å². The summed E-state index contributed by atoms with van der Waals surface area (Å²) < 4.78 is 17.1. The Hall–Kier alpha value is -1.16. The highest BCUT2D eigenvalue weighted by molar-refractivity contribution is 6.90. The Morgan fingerprint density at radius 2 is 1.52 bits per heavy atom. The van der Waals surface area contributed by atoms with Crippen molar-refractivity contribution in [1.82, 2.24) is 0 Å². The maximum Gasteiger partial charge on any atom is 0.313 e. The van der Waals surface area contributed by atoms with Crippen LogP contribution < -0.4 is 0 Å². The molecule has 0 aliphatic carbocycles. The summed E-state index contributed by atoms with van der Waals surface area (Å²) in [5.41, 5.74) is 2.74. The quantitative estimate of drug-likeness (QED) is 0.259. The zero-order valence-corrected chi connectivity index (χ0v) is 21.2. The monoisotopic (exact) mass is 424 g/mol. The number of ketones is 1. The van der Waals surface area contributed by atoms with Crippen molar-refractivity contribution in [3.05, 3.63) is 0 Å². The lowest BCUT2D eigenvalue weighted by Gasteiger charge is -2.38. The fourth-order valence-corrected chi connectivity index (χ4v) is 9.60. The van der Waals surface area contributed by atoms with Crippen LogP contribution in [0.15, 0.2) is 0 Å². The largest absolute Gasteiger partial charge is 0.460 e. The van der Waals surface area contributed by atoms with Crippen LogP contribution in [0.3, 0.4) is 0 Å². The van der Waals surface area contributed by atoms with E-state index in [9.17, 15) is 9.59 Å². The summed E-state index contributed by atoms with van der Waals surface area (Å²) in [6.45, 7) is 22.2. The molecule has 1 rings (SSSR count). The third kappa shape index (κ3) is 6.16. The Kier molecular flexibility index (Phi) is 7.95. The van der Waals surface area contributed by atoms with Crippen molar-refractivity contribution < 1.29 is 23.8 Å². The first-order valence-corrected chi connectivity index (χ1v) is 12.8.